The van der Waals surface area contributed by atoms with Gasteiger partial charge in [0.1, 0.15) is 0 Å². The fourth-order valence-electron chi connectivity index (χ4n) is 3.53. The SMILES string of the molecule is CCSc1ccc(C(=O)Nc2ccc3c4c(cccc24)C(=O)N3CC)cc1. The predicted octanol–water partition coefficient (Wildman–Crippen LogP) is 5.18. The zero-order valence-electron chi connectivity index (χ0n) is 15.3. The van der Waals surface area contributed by atoms with Crippen LogP contribution in [-0.4, -0.2) is 24.1 Å². The number of carbonyl (C=O) groups excluding carboxylic acids is 2. The summed E-state index contributed by atoms with van der Waals surface area (Å²) in [6.45, 7) is 4.69. The van der Waals surface area contributed by atoms with Crippen molar-refractivity contribution in [2.75, 3.05) is 22.5 Å². The van der Waals surface area contributed by atoms with Crippen LogP contribution in [0.5, 0.6) is 0 Å². The molecule has 0 aliphatic carbocycles. The molecule has 0 atom stereocenters. The van der Waals surface area contributed by atoms with E-state index < -0.39 is 0 Å². The van der Waals surface area contributed by atoms with Gasteiger partial charge in [-0.1, -0.05) is 19.1 Å². The number of anilines is 2. The van der Waals surface area contributed by atoms with Crippen LogP contribution in [0.1, 0.15) is 34.6 Å². The highest BCUT2D eigenvalue weighted by Gasteiger charge is 2.29. The molecule has 27 heavy (non-hydrogen) atoms. The Morgan fingerprint density at radius 2 is 1.81 bits per heavy atom. The summed E-state index contributed by atoms with van der Waals surface area (Å²) < 4.78 is 0. The van der Waals surface area contributed by atoms with E-state index in [0.717, 1.165) is 32.8 Å². The van der Waals surface area contributed by atoms with Gasteiger partial charge in [-0.2, -0.15) is 0 Å². The molecule has 1 aliphatic heterocycles. The number of carbonyl (C=O) groups is 2. The van der Waals surface area contributed by atoms with Crippen molar-refractivity contribution in [2.24, 2.45) is 0 Å². The van der Waals surface area contributed by atoms with Crippen LogP contribution in [-0.2, 0) is 0 Å². The third-order valence-electron chi connectivity index (χ3n) is 4.78. The number of benzene rings is 3. The van der Waals surface area contributed by atoms with E-state index in [-0.39, 0.29) is 11.8 Å². The standard InChI is InChI=1S/C22H20N2O2S/c1-3-24-19-13-12-18(16-6-5-7-17(20(16)19)22(24)26)23-21(25)14-8-10-15(11-9-14)27-4-2/h5-13H,3-4H2,1-2H3,(H,23,25). The number of nitrogens with one attached hydrogen (secondary N) is 1. The number of nitrogens with zero attached hydrogens (tertiary/aromatic N) is 1. The van der Waals surface area contributed by atoms with E-state index >= 15 is 0 Å². The second-order valence-electron chi connectivity index (χ2n) is 6.32. The summed E-state index contributed by atoms with van der Waals surface area (Å²) >= 11 is 1.75. The maximum atomic E-state index is 12.7. The molecule has 0 fully saturated rings. The number of hydrogen-bond acceptors (Lipinski definition) is 3. The molecule has 1 N–H and O–H groups in total. The van der Waals surface area contributed by atoms with Gasteiger partial charge in [0.05, 0.1) is 5.69 Å². The van der Waals surface area contributed by atoms with Gasteiger partial charge in [-0.15, -0.1) is 11.8 Å². The highest BCUT2D eigenvalue weighted by molar-refractivity contribution is 7.99. The van der Waals surface area contributed by atoms with Crippen molar-refractivity contribution in [1.82, 2.24) is 0 Å². The minimum absolute atomic E-state index is 0.0191. The highest BCUT2D eigenvalue weighted by atomic mass is 32.2. The van der Waals surface area contributed by atoms with Crippen LogP contribution in [0, 0.1) is 0 Å². The van der Waals surface area contributed by atoms with E-state index in [4.69, 9.17) is 0 Å². The fourth-order valence-corrected chi connectivity index (χ4v) is 4.19. The molecular formula is C22H20N2O2S. The van der Waals surface area contributed by atoms with Crippen molar-refractivity contribution in [3.63, 3.8) is 0 Å². The van der Waals surface area contributed by atoms with Crippen molar-refractivity contribution >= 4 is 45.7 Å². The summed E-state index contributed by atoms with van der Waals surface area (Å²) in [6, 6.07) is 17.1. The molecule has 2 amide bonds. The first-order valence-electron chi connectivity index (χ1n) is 9.05. The van der Waals surface area contributed by atoms with E-state index in [2.05, 4.69) is 12.2 Å². The van der Waals surface area contributed by atoms with Crippen LogP contribution in [0.25, 0.3) is 10.8 Å². The first kappa shape index (κ1) is 17.6. The third kappa shape index (κ3) is 2.98. The maximum Gasteiger partial charge on any atom is 0.258 e. The maximum absolute atomic E-state index is 12.7. The van der Waals surface area contributed by atoms with Crippen LogP contribution in [0.4, 0.5) is 11.4 Å². The lowest BCUT2D eigenvalue weighted by molar-refractivity contribution is 0.0992. The molecule has 136 valence electrons. The summed E-state index contributed by atoms with van der Waals surface area (Å²) in [5.41, 5.74) is 2.94. The molecule has 4 nitrogen and oxygen atoms in total. The molecule has 4 rings (SSSR count). The minimum atomic E-state index is -0.152. The number of rotatable bonds is 5. The lowest BCUT2D eigenvalue weighted by Gasteiger charge is -2.15. The van der Waals surface area contributed by atoms with Crippen LogP contribution >= 0.6 is 11.8 Å². The molecule has 0 saturated heterocycles. The van der Waals surface area contributed by atoms with Crippen LogP contribution in [0.15, 0.2) is 59.5 Å². The molecule has 3 aromatic rings. The molecule has 0 spiro atoms. The molecule has 0 saturated carbocycles. The fraction of sp³-hybridized carbons (Fsp3) is 0.182. The Labute approximate surface area is 162 Å². The Kier molecular flexibility index (Phi) is 4.62. The zero-order valence-corrected chi connectivity index (χ0v) is 16.1. The Bertz CT molecular complexity index is 1040. The van der Waals surface area contributed by atoms with Crippen molar-refractivity contribution < 1.29 is 9.59 Å². The van der Waals surface area contributed by atoms with Gasteiger partial charge < -0.3 is 10.2 Å². The number of thioether (sulfide) groups is 1. The molecule has 0 unspecified atom stereocenters. The molecule has 0 aromatic heterocycles. The van der Waals surface area contributed by atoms with Gasteiger partial charge in [-0.25, -0.2) is 0 Å². The first-order chi connectivity index (χ1) is 13.1. The molecule has 1 heterocycles. The van der Waals surface area contributed by atoms with Crippen molar-refractivity contribution in [2.45, 2.75) is 18.7 Å². The van der Waals surface area contributed by atoms with Gasteiger partial charge in [0.25, 0.3) is 11.8 Å². The van der Waals surface area contributed by atoms with Gasteiger partial charge >= 0.3 is 0 Å². The van der Waals surface area contributed by atoms with Crippen LogP contribution < -0.4 is 10.2 Å². The van der Waals surface area contributed by atoms with Crippen LogP contribution in [0.2, 0.25) is 0 Å². The molecule has 3 aromatic carbocycles. The minimum Gasteiger partial charge on any atom is -0.321 e. The van der Waals surface area contributed by atoms with E-state index in [0.29, 0.717) is 17.7 Å². The van der Waals surface area contributed by atoms with Crippen molar-refractivity contribution in [3.8, 4) is 0 Å². The number of hydrogen-bond donors (Lipinski definition) is 1. The second kappa shape index (κ2) is 7.08. The first-order valence-corrected chi connectivity index (χ1v) is 10.0. The molecule has 5 heteroatoms. The summed E-state index contributed by atoms with van der Waals surface area (Å²) in [5.74, 6) is 0.866. The van der Waals surface area contributed by atoms with Gasteiger partial charge in [-0.05, 0) is 55.1 Å². The van der Waals surface area contributed by atoms with Crippen molar-refractivity contribution in [3.05, 3.63) is 65.7 Å². The van der Waals surface area contributed by atoms with E-state index in [1.807, 2.05) is 61.5 Å². The van der Waals surface area contributed by atoms with Gasteiger partial charge in [0.15, 0.2) is 0 Å². The smallest absolute Gasteiger partial charge is 0.258 e. The summed E-state index contributed by atoms with van der Waals surface area (Å²) in [7, 11) is 0. The second-order valence-corrected chi connectivity index (χ2v) is 7.66. The molecule has 0 radical (unpaired) electrons. The summed E-state index contributed by atoms with van der Waals surface area (Å²) in [5, 5.41) is 4.81. The topological polar surface area (TPSA) is 49.4 Å². The van der Waals surface area contributed by atoms with Crippen LogP contribution in [0.3, 0.4) is 0 Å². The predicted molar refractivity (Wildman–Crippen MR) is 112 cm³/mol. The zero-order chi connectivity index (χ0) is 19.0. The van der Waals surface area contributed by atoms with E-state index in [1.165, 1.54) is 0 Å². The summed E-state index contributed by atoms with van der Waals surface area (Å²) in [6.07, 6.45) is 0. The molecular weight excluding hydrogens is 356 g/mol. The Morgan fingerprint density at radius 1 is 1.04 bits per heavy atom. The van der Waals surface area contributed by atoms with Gasteiger partial charge in [0, 0.05) is 39.0 Å². The molecule has 0 bridgehead atoms. The average Bonchev–Trinajstić information content (AvgIpc) is 2.97. The van der Waals surface area contributed by atoms with E-state index in [1.54, 1.807) is 16.7 Å². The third-order valence-corrected chi connectivity index (χ3v) is 5.67. The monoisotopic (exact) mass is 376 g/mol. The largest absolute Gasteiger partial charge is 0.321 e. The Balaban J connectivity index is 1.68. The van der Waals surface area contributed by atoms with Gasteiger partial charge in [0.2, 0.25) is 0 Å². The average molecular weight is 376 g/mol. The van der Waals surface area contributed by atoms with E-state index in [9.17, 15) is 9.59 Å². The Hall–Kier alpha value is -2.79. The van der Waals surface area contributed by atoms with Gasteiger partial charge in [-0.3, -0.25) is 9.59 Å². The molecule has 1 aliphatic rings. The lowest BCUT2D eigenvalue weighted by atomic mass is 10.0. The number of amides is 2. The quantitative estimate of drug-likeness (QED) is 0.624. The highest BCUT2D eigenvalue weighted by Crippen LogP contribution is 2.40. The summed E-state index contributed by atoms with van der Waals surface area (Å²) in [4.78, 5) is 28.2. The van der Waals surface area contributed by atoms with Crippen molar-refractivity contribution in [1.29, 1.82) is 0 Å². The normalized spacial score (nSPS) is 12.7. The Morgan fingerprint density at radius 3 is 2.52 bits per heavy atom. The lowest BCUT2D eigenvalue weighted by Crippen LogP contribution is -2.25.